The van der Waals surface area contributed by atoms with Crippen molar-refractivity contribution in [3.8, 4) is 0 Å². The van der Waals surface area contributed by atoms with Crippen molar-refractivity contribution in [2.24, 2.45) is 4.99 Å². The molecule has 4 nitrogen and oxygen atoms in total. The smallest absolute Gasteiger partial charge is 0.279 e. The van der Waals surface area contributed by atoms with Crippen molar-refractivity contribution in [3.63, 3.8) is 0 Å². The van der Waals surface area contributed by atoms with Gasteiger partial charge in [-0.1, -0.05) is 23.5 Å². The average Bonchev–Trinajstić information content (AvgIpc) is 3.02. The third-order valence-corrected chi connectivity index (χ3v) is 6.45. The van der Waals surface area contributed by atoms with Crippen LogP contribution in [0.4, 0.5) is 0 Å². The van der Waals surface area contributed by atoms with Crippen molar-refractivity contribution in [1.82, 2.24) is 4.57 Å². The molecule has 0 unspecified atom stereocenters. The lowest BCUT2D eigenvalue weighted by molar-refractivity contribution is 0.0997. The second-order valence-corrected chi connectivity index (χ2v) is 8.57. The Morgan fingerprint density at radius 3 is 2.71 bits per heavy atom. The second kappa shape index (κ2) is 8.02. The van der Waals surface area contributed by atoms with Crippen LogP contribution in [0.3, 0.4) is 0 Å². The molecule has 146 valence electrons. The van der Waals surface area contributed by atoms with Gasteiger partial charge in [-0.15, -0.1) is 0 Å². The molecule has 5 heteroatoms. The Hall–Kier alpha value is -2.24. The third-order valence-electron chi connectivity index (χ3n) is 5.42. The van der Waals surface area contributed by atoms with E-state index in [1.54, 1.807) is 18.4 Å². The number of hydrogen-bond donors (Lipinski definition) is 0. The topological polar surface area (TPSA) is 43.6 Å². The maximum absolute atomic E-state index is 12.9. The van der Waals surface area contributed by atoms with Crippen LogP contribution in [0.15, 0.2) is 35.3 Å². The lowest BCUT2D eigenvalue weighted by Gasteiger charge is -2.15. The predicted octanol–water partition coefficient (Wildman–Crippen LogP) is 4.59. The van der Waals surface area contributed by atoms with E-state index >= 15 is 0 Å². The van der Waals surface area contributed by atoms with Gasteiger partial charge in [0.1, 0.15) is 0 Å². The highest BCUT2D eigenvalue weighted by molar-refractivity contribution is 7.16. The van der Waals surface area contributed by atoms with Crippen LogP contribution in [0.5, 0.6) is 0 Å². The predicted molar refractivity (Wildman–Crippen MR) is 114 cm³/mol. The number of ether oxygens (including phenoxy) is 1. The molecule has 1 heterocycles. The zero-order valence-corrected chi connectivity index (χ0v) is 17.6. The minimum Gasteiger partial charge on any atom is -0.383 e. The molecule has 0 atom stereocenters. The van der Waals surface area contributed by atoms with Gasteiger partial charge in [-0.05, 0) is 80.0 Å². The standard InChI is InChI=1S/C23H26N2O2S/c1-15-12-16(2)21-20(13-15)28-23(25(21)10-11-27-3)24-22(26)19-9-8-17-6-4-5-7-18(17)14-19/h8-9,12-14H,4-7,10-11H2,1-3H3. The van der Waals surface area contributed by atoms with Gasteiger partial charge in [-0.2, -0.15) is 4.99 Å². The van der Waals surface area contributed by atoms with E-state index in [9.17, 15) is 4.79 Å². The summed E-state index contributed by atoms with van der Waals surface area (Å²) in [5.74, 6) is -0.166. The molecule has 1 aromatic heterocycles. The fourth-order valence-electron chi connectivity index (χ4n) is 4.08. The first kappa shape index (κ1) is 19.1. The van der Waals surface area contributed by atoms with Crippen LogP contribution in [0, 0.1) is 13.8 Å². The zero-order valence-electron chi connectivity index (χ0n) is 16.7. The minimum atomic E-state index is -0.166. The average molecular weight is 395 g/mol. The first-order chi connectivity index (χ1) is 13.6. The highest BCUT2D eigenvalue weighted by Gasteiger charge is 2.14. The number of methoxy groups -OCH3 is 1. The summed E-state index contributed by atoms with van der Waals surface area (Å²) in [6, 6.07) is 10.4. The van der Waals surface area contributed by atoms with Crippen molar-refractivity contribution < 1.29 is 9.53 Å². The Balaban J connectivity index is 1.79. The van der Waals surface area contributed by atoms with E-state index in [1.165, 1.54) is 35.1 Å². The fraction of sp³-hybridized carbons (Fsp3) is 0.391. The molecule has 0 saturated carbocycles. The van der Waals surface area contributed by atoms with Crippen molar-refractivity contribution in [3.05, 3.63) is 63.0 Å². The van der Waals surface area contributed by atoms with Crippen LogP contribution in [-0.4, -0.2) is 24.2 Å². The number of amides is 1. The third kappa shape index (κ3) is 3.69. The van der Waals surface area contributed by atoms with Crippen LogP contribution in [0.25, 0.3) is 10.2 Å². The molecule has 0 N–H and O–H groups in total. The van der Waals surface area contributed by atoms with Crippen molar-refractivity contribution in [2.45, 2.75) is 46.1 Å². The molecule has 0 radical (unpaired) electrons. The Morgan fingerprint density at radius 2 is 1.93 bits per heavy atom. The maximum Gasteiger partial charge on any atom is 0.279 e. The Kier molecular flexibility index (Phi) is 5.47. The molecule has 3 aromatic rings. The number of hydrogen-bond acceptors (Lipinski definition) is 3. The number of thiazole rings is 1. The van der Waals surface area contributed by atoms with Crippen LogP contribution in [-0.2, 0) is 24.1 Å². The van der Waals surface area contributed by atoms with Crippen molar-refractivity contribution >= 4 is 27.5 Å². The molecule has 1 aliphatic rings. The molecule has 0 bridgehead atoms. The maximum atomic E-state index is 12.9. The lowest BCUT2D eigenvalue weighted by Crippen LogP contribution is -2.20. The van der Waals surface area contributed by atoms with Crippen LogP contribution in [0.1, 0.15) is 45.5 Å². The van der Waals surface area contributed by atoms with Gasteiger partial charge >= 0.3 is 0 Å². The molecule has 4 rings (SSSR count). The second-order valence-electron chi connectivity index (χ2n) is 7.57. The summed E-state index contributed by atoms with van der Waals surface area (Å²) in [6.45, 7) is 5.47. The van der Waals surface area contributed by atoms with Crippen LogP contribution in [0.2, 0.25) is 0 Å². The van der Waals surface area contributed by atoms with Gasteiger partial charge < -0.3 is 9.30 Å². The quantitative estimate of drug-likeness (QED) is 0.650. The van der Waals surface area contributed by atoms with Crippen molar-refractivity contribution in [1.29, 1.82) is 0 Å². The molecule has 1 aliphatic carbocycles. The van der Waals surface area contributed by atoms with E-state index in [0.717, 1.165) is 27.9 Å². The monoisotopic (exact) mass is 394 g/mol. The van der Waals surface area contributed by atoms with Gasteiger partial charge in [0, 0.05) is 19.2 Å². The molecule has 0 fully saturated rings. The first-order valence-electron chi connectivity index (χ1n) is 9.87. The van der Waals surface area contributed by atoms with E-state index in [4.69, 9.17) is 4.74 Å². The first-order valence-corrected chi connectivity index (χ1v) is 10.7. The van der Waals surface area contributed by atoms with Gasteiger partial charge in [-0.3, -0.25) is 4.79 Å². The molecule has 28 heavy (non-hydrogen) atoms. The number of aromatic nitrogens is 1. The van der Waals surface area contributed by atoms with Crippen LogP contribution < -0.4 is 4.80 Å². The number of benzene rings is 2. The zero-order chi connectivity index (χ0) is 19.7. The van der Waals surface area contributed by atoms with Gasteiger partial charge in [0.2, 0.25) is 0 Å². The largest absolute Gasteiger partial charge is 0.383 e. The van der Waals surface area contributed by atoms with E-state index in [2.05, 4.69) is 41.6 Å². The molecular weight excluding hydrogens is 368 g/mol. The molecule has 1 amide bonds. The Morgan fingerprint density at radius 1 is 1.14 bits per heavy atom. The summed E-state index contributed by atoms with van der Waals surface area (Å²) >= 11 is 1.57. The molecule has 0 aliphatic heterocycles. The number of carbonyl (C=O) groups excluding carboxylic acids is 1. The SMILES string of the molecule is COCCn1c(=NC(=O)c2ccc3c(c2)CCCC3)sc2cc(C)cc(C)c21. The normalized spacial score (nSPS) is 14.5. The minimum absolute atomic E-state index is 0.166. The van der Waals surface area contributed by atoms with Crippen LogP contribution >= 0.6 is 11.3 Å². The molecular formula is C23H26N2O2S. The number of rotatable bonds is 4. The number of aryl methyl sites for hydroxylation is 4. The molecule has 2 aromatic carbocycles. The summed E-state index contributed by atoms with van der Waals surface area (Å²) in [5.41, 5.74) is 6.94. The van der Waals surface area contributed by atoms with E-state index < -0.39 is 0 Å². The van der Waals surface area contributed by atoms with Gasteiger partial charge in [0.15, 0.2) is 4.80 Å². The van der Waals surface area contributed by atoms with Gasteiger partial charge in [0.05, 0.1) is 16.8 Å². The Labute approximate surface area is 169 Å². The highest BCUT2D eigenvalue weighted by atomic mass is 32.1. The van der Waals surface area contributed by atoms with Crippen molar-refractivity contribution in [2.75, 3.05) is 13.7 Å². The summed E-state index contributed by atoms with van der Waals surface area (Å²) in [6.07, 6.45) is 4.62. The summed E-state index contributed by atoms with van der Waals surface area (Å²) in [7, 11) is 1.70. The highest BCUT2D eigenvalue weighted by Crippen LogP contribution is 2.24. The van der Waals surface area contributed by atoms with Gasteiger partial charge in [0.25, 0.3) is 5.91 Å². The summed E-state index contributed by atoms with van der Waals surface area (Å²) in [5, 5.41) is 0. The number of carbonyl (C=O) groups is 1. The Bertz CT molecular complexity index is 1110. The van der Waals surface area contributed by atoms with Gasteiger partial charge in [-0.25, -0.2) is 0 Å². The number of fused-ring (bicyclic) bond motifs is 2. The summed E-state index contributed by atoms with van der Waals surface area (Å²) < 4.78 is 8.57. The molecule has 0 saturated heterocycles. The van der Waals surface area contributed by atoms with E-state index in [1.807, 2.05) is 12.1 Å². The summed E-state index contributed by atoms with van der Waals surface area (Å²) in [4.78, 5) is 18.2. The lowest BCUT2D eigenvalue weighted by atomic mass is 9.90. The van der Waals surface area contributed by atoms with E-state index in [0.29, 0.717) is 18.7 Å². The number of nitrogens with zero attached hydrogens (tertiary/aromatic N) is 2. The molecule has 0 spiro atoms. The van der Waals surface area contributed by atoms with E-state index in [-0.39, 0.29) is 5.91 Å². The fourth-order valence-corrected chi connectivity index (χ4v) is 5.32.